The van der Waals surface area contributed by atoms with E-state index in [4.69, 9.17) is 0 Å². The first-order chi connectivity index (χ1) is 9.83. The van der Waals surface area contributed by atoms with Crippen molar-refractivity contribution in [1.29, 1.82) is 0 Å². The monoisotopic (exact) mass is 452 g/mol. The molecular weight excluding hydrogens is 444 g/mol. The van der Waals surface area contributed by atoms with Crippen molar-refractivity contribution in [3.63, 3.8) is 0 Å². The van der Waals surface area contributed by atoms with Crippen LogP contribution in [0.3, 0.4) is 0 Å². The van der Waals surface area contributed by atoms with Gasteiger partial charge in [-0.1, -0.05) is 6.07 Å². The van der Waals surface area contributed by atoms with Gasteiger partial charge in [-0.15, -0.1) is 11.3 Å². The maximum atomic E-state index is 12.1. The number of rotatable bonds is 4. The second-order valence-electron chi connectivity index (χ2n) is 3.92. The molecule has 0 radical (unpaired) electrons. The van der Waals surface area contributed by atoms with Crippen LogP contribution >= 0.6 is 43.2 Å². The van der Waals surface area contributed by atoms with Crippen molar-refractivity contribution in [2.45, 2.75) is 4.90 Å². The number of amides is 1. The molecule has 0 atom stereocenters. The van der Waals surface area contributed by atoms with Crippen LogP contribution in [-0.4, -0.2) is 21.4 Å². The third kappa shape index (κ3) is 3.92. The number of carbonyl (C=O) groups is 1. The molecule has 0 saturated carbocycles. The molecule has 0 fully saturated rings. The van der Waals surface area contributed by atoms with Crippen molar-refractivity contribution < 1.29 is 13.2 Å². The molecule has 112 valence electrons. The number of anilines is 1. The van der Waals surface area contributed by atoms with Crippen LogP contribution in [0.15, 0.2) is 43.5 Å². The highest BCUT2D eigenvalue weighted by Gasteiger charge is 2.15. The number of hydrogen-bond acceptors (Lipinski definition) is 4. The molecule has 1 heterocycles. The highest BCUT2D eigenvalue weighted by Crippen LogP contribution is 2.32. The van der Waals surface area contributed by atoms with Crippen molar-refractivity contribution in [2.24, 2.45) is 0 Å². The van der Waals surface area contributed by atoms with Gasteiger partial charge in [0.1, 0.15) is 0 Å². The average molecular weight is 454 g/mol. The molecule has 9 heteroatoms. The van der Waals surface area contributed by atoms with E-state index in [-0.39, 0.29) is 10.8 Å². The fourth-order valence-corrected chi connectivity index (χ4v) is 4.22. The van der Waals surface area contributed by atoms with Gasteiger partial charge in [-0.25, -0.2) is 13.1 Å². The number of benzene rings is 1. The first-order valence-corrected chi connectivity index (χ1v) is 9.52. The fraction of sp³-hybridized carbons (Fsp3) is 0.0833. The smallest absolute Gasteiger partial charge is 0.265 e. The van der Waals surface area contributed by atoms with Gasteiger partial charge in [0.05, 0.1) is 13.6 Å². The molecule has 0 spiro atoms. The molecule has 0 bridgehead atoms. The molecule has 0 aliphatic rings. The maximum Gasteiger partial charge on any atom is 0.265 e. The van der Waals surface area contributed by atoms with Gasteiger partial charge in [0.25, 0.3) is 5.91 Å². The molecule has 21 heavy (non-hydrogen) atoms. The first kappa shape index (κ1) is 16.6. The zero-order valence-corrected chi connectivity index (χ0v) is 15.5. The molecule has 1 aromatic carbocycles. The summed E-state index contributed by atoms with van der Waals surface area (Å²) in [6, 6.07) is 7.75. The Hall–Kier alpha value is -0.740. The third-order valence-electron chi connectivity index (χ3n) is 2.54. The van der Waals surface area contributed by atoms with Gasteiger partial charge in [-0.3, -0.25) is 4.79 Å². The summed E-state index contributed by atoms with van der Waals surface area (Å²) in [5, 5.41) is 2.67. The summed E-state index contributed by atoms with van der Waals surface area (Å²) in [5.74, 6) is -0.301. The van der Waals surface area contributed by atoms with Crippen molar-refractivity contribution in [3.05, 3.63) is 43.5 Å². The normalized spacial score (nSPS) is 11.4. The van der Waals surface area contributed by atoms with Crippen molar-refractivity contribution >= 4 is 64.8 Å². The van der Waals surface area contributed by atoms with Crippen LogP contribution in [0, 0.1) is 0 Å². The van der Waals surface area contributed by atoms with E-state index in [2.05, 4.69) is 41.9 Å². The fourth-order valence-electron chi connectivity index (χ4n) is 1.51. The highest BCUT2D eigenvalue weighted by molar-refractivity contribution is 9.13. The number of sulfonamides is 1. The number of hydrogen-bond donors (Lipinski definition) is 2. The van der Waals surface area contributed by atoms with Crippen LogP contribution in [0.4, 0.5) is 5.69 Å². The van der Waals surface area contributed by atoms with E-state index in [1.165, 1.54) is 30.5 Å². The molecule has 2 rings (SSSR count). The molecule has 1 amide bonds. The lowest BCUT2D eigenvalue weighted by Gasteiger charge is -2.06. The number of thiophene rings is 1. The molecule has 2 N–H and O–H groups in total. The Labute approximate surface area is 143 Å². The van der Waals surface area contributed by atoms with Crippen molar-refractivity contribution in [1.82, 2.24) is 4.72 Å². The van der Waals surface area contributed by atoms with Gasteiger partial charge in [0.15, 0.2) is 0 Å². The lowest BCUT2D eigenvalue weighted by Crippen LogP contribution is -2.19. The lowest BCUT2D eigenvalue weighted by molar-refractivity contribution is 0.103. The molecule has 0 aliphatic heterocycles. The van der Waals surface area contributed by atoms with E-state index in [9.17, 15) is 13.2 Å². The average Bonchev–Trinajstić information content (AvgIpc) is 2.79. The van der Waals surface area contributed by atoms with Crippen LogP contribution in [0.2, 0.25) is 0 Å². The molecule has 0 aliphatic carbocycles. The Bertz CT molecular complexity index is 768. The third-order valence-corrected chi connectivity index (χ3v) is 7.21. The zero-order valence-electron chi connectivity index (χ0n) is 10.7. The summed E-state index contributed by atoms with van der Waals surface area (Å²) >= 11 is 7.92. The minimum atomic E-state index is -3.54. The summed E-state index contributed by atoms with van der Waals surface area (Å²) in [4.78, 5) is 12.7. The summed E-state index contributed by atoms with van der Waals surface area (Å²) in [7, 11) is -2.20. The van der Waals surface area contributed by atoms with Gasteiger partial charge >= 0.3 is 0 Å². The minimum absolute atomic E-state index is 0.0938. The topological polar surface area (TPSA) is 75.3 Å². The van der Waals surface area contributed by atoms with E-state index in [1.807, 2.05) is 0 Å². The molecule has 0 saturated heterocycles. The van der Waals surface area contributed by atoms with Crippen LogP contribution in [-0.2, 0) is 10.0 Å². The quantitative estimate of drug-likeness (QED) is 0.744. The minimum Gasteiger partial charge on any atom is -0.321 e. The standard InChI is InChI=1S/C12H10Br2N2O3S2/c1-15-21(18,19)8-4-2-3-7(5-8)16-12(17)10-6-9(13)11(14)20-10/h2-6,15H,1H3,(H,16,17). The van der Waals surface area contributed by atoms with Crippen LogP contribution in [0.25, 0.3) is 0 Å². The molecule has 2 aromatic rings. The van der Waals surface area contributed by atoms with E-state index in [1.54, 1.807) is 18.2 Å². The van der Waals surface area contributed by atoms with Gasteiger partial charge in [-0.2, -0.15) is 0 Å². The van der Waals surface area contributed by atoms with Crippen LogP contribution < -0.4 is 10.0 Å². The van der Waals surface area contributed by atoms with Crippen molar-refractivity contribution in [3.8, 4) is 0 Å². The van der Waals surface area contributed by atoms with Crippen molar-refractivity contribution in [2.75, 3.05) is 12.4 Å². The summed E-state index contributed by atoms with van der Waals surface area (Å²) in [6.45, 7) is 0. The lowest BCUT2D eigenvalue weighted by atomic mass is 10.3. The SMILES string of the molecule is CNS(=O)(=O)c1cccc(NC(=O)c2cc(Br)c(Br)s2)c1. The van der Waals surface area contributed by atoms with Gasteiger partial charge in [0, 0.05) is 10.2 Å². The van der Waals surface area contributed by atoms with E-state index in [0.717, 1.165) is 8.26 Å². The summed E-state index contributed by atoms with van der Waals surface area (Å²) < 4.78 is 27.3. The van der Waals surface area contributed by atoms with E-state index in [0.29, 0.717) is 10.6 Å². The van der Waals surface area contributed by atoms with Gasteiger partial charge < -0.3 is 5.32 Å². The predicted octanol–water partition coefficient (Wildman–Crippen LogP) is 3.43. The Balaban J connectivity index is 2.24. The number of nitrogens with one attached hydrogen (secondary N) is 2. The Morgan fingerprint density at radius 3 is 2.52 bits per heavy atom. The molecule has 1 aromatic heterocycles. The van der Waals surface area contributed by atoms with Gasteiger partial charge in [-0.05, 0) is 63.2 Å². The van der Waals surface area contributed by atoms with Crippen LogP contribution in [0.5, 0.6) is 0 Å². The number of halogens is 2. The molecule has 5 nitrogen and oxygen atoms in total. The molecular formula is C12H10Br2N2O3S2. The van der Waals surface area contributed by atoms with E-state index >= 15 is 0 Å². The second-order valence-corrected chi connectivity index (χ2v) is 9.03. The van der Waals surface area contributed by atoms with Crippen LogP contribution in [0.1, 0.15) is 9.67 Å². The maximum absolute atomic E-state index is 12.1. The molecule has 0 unspecified atom stereocenters. The first-order valence-electron chi connectivity index (χ1n) is 5.63. The predicted molar refractivity (Wildman–Crippen MR) is 90.4 cm³/mol. The Kier molecular flexibility index (Phi) is 5.20. The summed E-state index contributed by atoms with van der Waals surface area (Å²) in [5.41, 5.74) is 0.414. The highest BCUT2D eigenvalue weighted by atomic mass is 79.9. The Morgan fingerprint density at radius 1 is 1.24 bits per heavy atom. The van der Waals surface area contributed by atoms with Gasteiger partial charge in [0.2, 0.25) is 10.0 Å². The van der Waals surface area contributed by atoms with E-state index < -0.39 is 10.0 Å². The number of carbonyl (C=O) groups excluding carboxylic acids is 1. The summed E-state index contributed by atoms with van der Waals surface area (Å²) in [6.07, 6.45) is 0. The second kappa shape index (κ2) is 6.57. The zero-order chi connectivity index (χ0) is 15.6. The largest absolute Gasteiger partial charge is 0.321 e. The Morgan fingerprint density at radius 2 is 1.95 bits per heavy atom.